The van der Waals surface area contributed by atoms with E-state index in [0.29, 0.717) is 5.75 Å². The van der Waals surface area contributed by atoms with Gasteiger partial charge < -0.3 is 9.47 Å². The molecular weight excluding hydrogens is 339 g/mol. The van der Waals surface area contributed by atoms with Gasteiger partial charge >= 0.3 is 0 Å². The first-order valence-corrected chi connectivity index (χ1v) is 7.06. The minimum atomic E-state index is -0.459. The molecule has 5 heteroatoms. The van der Waals surface area contributed by atoms with Gasteiger partial charge in [0.2, 0.25) is 0 Å². The van der Waals surface area contributed by atoms with Gasteiger partial charge in [0, 0.05) is 0 Å². The number of halogens is 2. The van der Waals surface area contributed by atoms with Crippen molar-refractivity contribution in [3.63, 3.8) is 0 Å². The maximum atomic E-state index is 13.2. The molecule has 0 aliphatic heterocycles. The molecule has 0 N–H and O–H groups in total. The molecule has 0 unspecified atom stereocenters. The van der Waals surface area contributed by atoms with E-state index in [0.717, 1.165) is 15.8 Å². The Morgan fingerprint density at radius 3 is 2.52 bits per heavy atom. The molecule has 0 atom stereocenters. The van der Waals surface area contributed by atoms with Crippen LogP contribution in [0, 0.1) is 5.82 Å². The Kier molecular flexibility index (Phi) is 4.96. The number of rotatable bonds is 5. The van der Waals surface area contributed by atoms with Gasteiger partial charge in [0.05, 0.1) is 17.1 Å². The summed E-state index contributed by atoms with van der Waals surface area (Å²) in [6, 6.07) is 9.47. The largest absolute Gasteiger partial charge is 0.496 e. The number of hydrogen-bond acceptors (Lipinski definition) is 3. The first-order chi connectivity index (χ1) is 10.0. The molecule has 0 aromatic heterocycles. The molecule has 0 radical (unpaired) electrons. The van der Waals surface area contributed by atoms with E-state index in [2.05, 4.69) is 15.9 Å². The summed E-state index contributed by atoms with van der Waals surface area (Å²) in [4.78, 5) is 11.5. The molecule has 3 nitrogen and oxygen atoms in total. The molecule has 0 aliphatic rings. The normalized spacial score (nSPS) is 10.3. The van der Waals surface area contributed by atoms with Crippen molar-refractivity contribution in [3.8, 4) is 11.5 Å². The van der Waals surface area contributed by atoms with E-state index < -0.39 is 5.82 Å². The van der Waals surface area contributed by atoms with E-state index in [1.807, 2.05) is 18.2 Å². The number of carbonyl (C=O) groups is 1. The Balaban J connectivity index is 2.16. The predicted octanol–water partition coefficient (Wildman–Crippen LogP) is 4.38. The zero-order chi connectivity index (χ0) is 15.4. The average molecular weight is 353 g/mol. The van der Waals surface area contributed by atoms with Crippen LogP contribution in [-0.2, 0) is 6.61 Å². The van der Waals surface area contributed by atoms with Crippen molar-refractivity contribution in [2.75, 3.05) is 7.11 Å². The molecular formula is C16H14BrFO3. The SMILES string of the molecule is COc1ccc(COc2ccc(F)cc2C(C)=O)cc1Br. The fourth-order valence-electron chi connectivity index (χ4n) is 1.86. The van der Waals surface area contributed by atoms with E-state index >= 15 is 0 Å². The van der Waals surface area contributed by atoms with Gasteiger partial charge in [-0.15, -0.1) is 0 Å². The molecule has 2 aromatic carbocycles. The Bertz CT molecular complexity index is 671. The Labute approximate surface area is 130 Å². The first kappa shape index (κ1) is 15.5. The lowest BCUT2D eigenvalue weighted by atomic mass is 10.1. The Morgan fingerprint density at radius 2 is 1.90 bits per heavy atom. The third-order valence-electron chi connectivity index (χ3n) is 2.93. The molecule has 0 heterocycles. The number of Topliss-reactive ketones (excluding diaryl/α,β-unsaturated/α-hetero) is 1. The molecule has 2 aromatic rings. The molecule has 21 heavy (non-hydrogen) atoms. The molecule has 0 aliphatic carbocycles. The van der Waals surface area contributed by atoms with Gasteiger partial charge in [0.15, 0.2) is 5.78 Å². The van der Waals surface area contributed by atoms with Crippen molar-refractivity contribution >= 4 is 21.7 Å². The number of ketones is 1. The molecule has 0 fully saturated rings. The van der Waals surface area contributed by atoms with Gasteiger partial charge in [0.1, 0.15) is 23.9 Å². The third kappa shape index (κ3) is 3.82. The van der Waals surface area contributed by atoms with Gasteiger partial charge in [-0.2, -0.15) is 0 Å². The Hall–Kier alpha value is -1.88. The maximum Gasteiger partial charge on any atom is 0.163 e. The van der Waals surface area contributed by atoms with Gasteiger partial charge in [-0.3, -0.25) is 4.79 Å². The zero-order valence-electron chi connectivity index (χ0n) is 11.7. The monoisotopic (exact) mass is 352 g/mol. The van der Waals surface area contributed by atoms with E-state index in [9.17, 15) is 9.18 Å². The molecule has 0 saturated heterocycles. The summed E-state index contributed by atoms with van der Waals surface area (Å²) < 4.78 is 24.8. The van der Waals surface area contributed by atoms with E-state index in [1.54, 1.807) is 7.11 Å². The second-order valence-corrected chi connectivity index (χ2v) is 5.31. The highest BCUT2D eigenvalue weighted by Crippen LogP contribution is 2.27. The standard InChI is InChI=1S/C16H14BrFO3/c1-10(19)13-8-12(18)4-6-15(13)21-9-11-3-5-16(20-2)14(17)7-11/h3-8H,9H2,1-2H3. The van der Waals surface area contributed by atoms with E-state index in [1.165, 1.54) is 25.1 Å². The van der Waals surface area contributed by atoms with Crippen molar-refractivity contribution in [2.24, 2.45) is 0 Å². The van der Waals surface area contributed by atoms with Gasteiger partial charge in [-0.05, 0) is 58.7 Å². The van der Waals surface area contributed by atoms with Crippen LogP contribution in [0.1, 0.15) is 22.8 Å². The number of benzene rings is 2. The van der Waals surface area contributed by atoms with Crippen LogP contribution < -0.4 is 9.47 Å². The fourth-order valence-corrected chi connectivity index (χ4v) is 2.45. The van der Waals surface area contributed by atoms with Crippen LogP contribution in [0.3, 0.4) is 0 Å². The van der Waals surface area contributed by atoms with Crippen LogP contribution in [0.15, 0.2) is 40.9 Å². The summed E-state index contributed by atoms with van der Waals surface area (Å²) in [5.41, 5.74) is 1.14. The smallest absolute Gasteiger partial charge is 0.163 e. The van der Waals surface area contributed by atoms with Crippen molar-refractivity contribution in [1.29, 1.82) is 0 Å². The topological polar surface area (TPSA) is 35.5 Å². The molecule has 0 spiro atoms. The van der Waals surface area contributed by atoms with E-state index in [-0.39, 0.29) is 18.0 Å². The number of ether oxygens (including phenoxy) is 2. The fraction of sp³-hybridized carbons (Fsp3) is 0.188. The van der Waals surface area contributed by atoms with Crippen LogP contribution in [-0.4, -0.2) is 12.9 Å². The zero-order valence-corrected chi connectivity index (χ0v) is 13.2. The molecule has 0 saturated carbocycles. The molecule has 0 amide bonds. The van der Waals surface area contributed by atoms with Gasteiger partial charge in [-0.25, -0.2) is 4.39 Å². The molecule has 110 valence electrons. The van der Waals surface area contributed by atoms with Crippen molar-refractivity contribution in [2.45, 2.75) is 13.5 Å². The molecule has 0 bridgehead atoms. The third-order valence-corrected chi connectivity index (χ3v) is 3.55. The summed E-state index contributed by atoms with van der Waals surface area (Å²) >= 11 is 3.40. The van der Waals surface area contributed by atoms with Gasteiger partial charge in [-0.1, -0.05) is 6.07 Å². The number of hydrogen-bond donors (Lipinski definition) is 0. The maximum absolute atomic E-state index is 13.2. The van der Waals surface area contributed by atoms with Crippen molar-refractivity contribution in [1.82, 2.24) is 0 Å². The minimum Gasteiger partial charge on any atom is -0.496 e. The van der Waals surface area contributed by atoms with Crippen LogP contribution in [0.25, 0.3) is 0 Å². The second-order valence-electron chi connectivity index (χ2n) is 4.45. The van der Waals surface area contributed by atoms with Gasteiger partial charge in [0.25, 0.3) is 0 Å². The summed E-state index contributed by atoms with van der Waals surface area (Å²) in [5.74, 6) is 0.404. The van der Waals surface area contributed by atoms with Crippen LogP contribution in [0.2, 0.25) is 0 Å². The highest BCUT2D eigenvalue weighted by atomic mass is 79.9. The number of methoxy groups -OCH3 is 1. The van der Waals surface area contributed by atoms with E-state index in [4.69, 9.17) is 9.47 Å². The lowest BCUT2D eigenvalue weighted by Gasteiger charge is -2.11. The summed E-state index contributed by atoms with van der Waals surface area (Å²) in [7, 11) is 1.59. The minimum absolute atomic E-state index is 0.236. The molecule has 2 rings (SSSR count). The highest BCUT2D eigenvalue weighted by Gasteiger charge is 2.10. The summed E-state index contributed by atoms with van der Waals surface area (Å²) in [6.45, 7) is 1.65. The second kappa shape index (κ2) is 6.72. The average Bonchev–Trinajstić information content (AvgIpc) is 2.46. The van der Waals surface area contributed by atoms with Crippen LogP contribution in [0.4, 0.5) is 4.39 Å². The first-order valence-electron chi connectivity index (χ1n) is 6.27. The highest BCUT2D eigenvalue weighted by molar-refractivity contribution is 9.10. The van der Waals surface area contributed by atoms with Crippen molar-refractivity contribution < 1.29 is 18.7 Å². The van der Waals surface area contributed by atoms with Crippen LogP contribution in [0.5, 0.6) is 11.5 Å². The number of carbonyl (C=O) groups excluding carboxylic acids is 1. The van der Waals surface area contributed by atoms with Crippen molar-refractivity contribution in [3.05, 3.63) is 57.8 Å². The lowest BCUT2D eigenvalue weighted by Crippen LogP contribution is -2.02. The predicted molar refractivity (Wildman–Crippen MR) is 81.4 cm³/mol. The lowest BCUT2D eigenvalue weighted by molar-refractivity contribution is 0.101. The quantitative estimate of drug-likeness (QED) is 0.749. The Morgan fingerprint density at radius 1 is 1.19 bits per heavy atom. The summed E-state index contributed by atoms with van der Waals surface area (Å²) in [6.07, 6.45) is 0. The summed E-state index contributed by atoms with van der Waals surface area (Å²) in [5, 5.41) is 0. The van der Waals surface area contributed by atoms with Crippen LogP contribution >= 0.6 is 15.9 Å².